The molecule has 1 aliphatic rings. The first-order valence-electron chi connectivity index (χ1n) is 9.52. The Balaban J connectivity index is 1.99. The molecule has 5 nitrogen and oxygen atoms in total. The molecule has 150 valence electrons. The molecule has 0 saturated heterocycles. The number of hydrogen-bond acceptors (Lipinski definition) is 4. The second-order valence-electron chi connectivity index (χ2n) is 6.64. The molecular weight excluding hydrogens is 392 g/mol. The lowest BCUT2D eigenvalue weighted by Gasteiger charge is -2.30. The van der Waals surface area contributed by atoms with Gasteiger partial charge in [-0.1, -0.05) is 26.0 Å². The summed E-state index contributed by atoms with van der Waals surface area (Å²) in [4.78, 5) is 16.2. The molecule has 0 atom stereocenters. The van der Waals surface area contributed by atoms with E-state index >= 15 is 0 Å². The van der Waals surface area contributed by atoms with Crippen molar-refractivity contribution in [2.24, 2.45) is 0 Å². The molecule has 0 aliphatic carbocycles. The van der Waals surface area contributed by atoms with Crippen molar-refractivity contribution in [3.8, 4) is 0 Å². The van der Waals surface area contributed by atoms with Gasteiger partial charge in [-0.3, -0.25) is 4.79 Å². The average Bonchev–Trinajstić information content (AvgIpc) is 2.73. The molecule has 0 aromatic heterocycles. The van der Waals surface area contributed by atoms with Gasteiger partial charge >= 0.3 is 0 Å². The predicted molar refractivity (Wildman–Crippen MR) is 115 cm³/mol. The molecule has 3 rings (SSSR count). The molecule has 0 unspecified atom stereocenters. The van der Waals surface area contributed by atoms with Gasteiger partial charge in [0.05, 0.1) is 10.5 Å². The zero-order valence-corrected chi connectivity index (χ0v) is 18.1. The van der Waals surface area contributed by atoms with Crippen LogP contribution in [0.1, 0.15) is 36.2 Å². The van der Waals surface area contributed by atoms with Crippen LogP contribution >= 0.6 is 11.8 Å². The lowest BCUT2D eigenvalue weighted by molar-refractivity contribution is 0.0982. The fourth-order valence-corrected chi connectivity index (χ4v) is 5.72. The minimum absolute atomic E-state index is 0.0368. The largest absolute Gasteiger partial charge is 0.308 e. The first kappa shape index (κ1) is 20.9. The van der Waals surface area contributed by atoms with Gasteiger partial charge in [0.1, 0.15) is 0 Å². The standard InChI is InChI=1S/C21H26N2O3S2/c1-4-22(5-2)28(25,26)17-12-13-19-16(15-17)9-8-14-23(19)21(24)18-10-6-7-11-20(18)27-3/h6-7,10-13,15H,4-5,8-9,14H2,1-3H3. The maximum Gasteiger partial charge on any atom is 0.259 e. The van der Waals surface area contributed by atoms with Gasteiger partial charge in [0.25, 0.3) is 5.91 Å². The molecule has 0 fully saturated rings. The fraction of sp³-hybridized carbons (Fsp3) is 0.381. The van der Waals surface area contributed by atoms with Gasteiger partial charge in [0.2, 0.25) is 10.0 Å². The van der Waals surface area contributed by atoms with Gasteiger partial charge in [-0.15, -0.1) is 11.8 Å². The third kappa shape index (κ3) is 3.83. The van der Waals surface area contributed by atoms with Crippen LogP contribution in [-0.2, 0) is 16.4 Å². The molecular formula is C21H26N2O3S2. The lowest BCUT2D eigenvalue weighted by Crippen LogP contribution is -2.36. The summed E-state index contributed by atoms with van der Waals surface area (Å²) in [6, 6.07) is 12.7. The van der Waals surface area contributed by atoms with Crippen LogP contribution in [0.2, 0.25) is 0 Å². The van der Waals surface area contributed by atoms with Gasteiger partial charge in [-0.2, -0.15) is 4.31 Å². The van der Waals surface area contributed by atoms with Crippen molar-refractivity contribution in [1.29, 1.82) is 0 Å². The molecule has 7 heteroatoms. The minimum Gasteiger partial charge on any atom is -0.308 e. The SMILES string of the molecule is CCN(CC)S(=O)(=O)c1ccc2c(c1)CCCN2C(=O)c1ccccc1SC. The maximum atomic E-state index is 13.2. The number of thioether (sulfide) groups is 1. The summed E-state index contributed by atoms with van der Waals surface area (Å²) in [5, 5.41) is 0. The molecule has 28 heavy (non-hydrogen) atoms. The van der Waals surface area contributed by atoms with Gasteiger partial charge in [0, 0.05) is 30.2 Å². The summed E-state index contributed by atoms with van der Waals surface area (Å²) in [6.45, 7) is 5.18. The molecule has 0 spiro atoms. The maximum absolute atomic E-state index is 13.2. The second-order valence-corrected chi connectivity index (χ2v) is 9.43. The van der Waals surface area contributed by atoms with E-state index in [2.05, 4.69) is 0 Å². The Labute approximate surface area is 171 Å². The number of carbonyl (C=O) groups is 1. The van der Waals surface area contributed by atoms with E-state index < -0.39 is 10.0 Å². The molecule has 1 heterocycles. The van der Waals surface area contributed by atoms with Crippen LogP contribution < -0.4 is 4.90 Å². The summed E-state index contributed by atoms with van der Waals surface area (Å²) in [7, 11) is -3.51. The first-order valence-corrected chi connectivity index (χ1v) is 12.2. The van der Waals surface area contributed by atoms with Crippen molar-refractivity contribution in [1.82, 2.24) is 4.31 Å². The molecule has 1 aliphatic heterocycles. The quantitative estimate of drug-likeness (QED) is 0.665. The van der Waals surface area contributed by atoms with E-state index in [1.165, 1.54) is 4.31 Å². The first-order chi connectivity index (χ1) is 13.4. The molecule has 2 aromatic rings. The molecule has 0 N–H and O–H groups in total. The van der Waals surface area contributed by atoms with E-state index in [0.717, 1.165) is 29.0 Å². The molecule has 2 aromatic carbocycles. The number of rotatable bonds is 6. The third-order valence-corrected chi connectivity index (χ3v) is 7.94. The Kier molecular flexibility index (Phi) is 6.47. The number of fused-ring (bicyclic) bond motifs is 1. The van der Waals surface area contributed by atoms with Crippen LogP contribution in [-0.4, -0.2) is 44.5 Å². The highest BCUT2D eigenvalue weighted by molar-refractivity contribution is 7.98. The average molecular weight is 419 g/mol. The zero-order valence-electron chi connectivity index (χ0n) is 16.5. The van der Waals surface area contributed by atoms with Crippen molar-refractivity contribution in [2.75, 3.05) is 30.8 Å². The van der Waals surface area contributed by atoms with Crippen molar-refractivity contribution in [2.45, 2.75) is 36.5 Å². The fourth-order valence-electron chi connectivity index (χ4n) is 3.62. The summed E-state index contributed by atoms with van der Waals surface area (Å²) in [5.41, 5.74) is 2.41. The number of amides is 1. The Bertz CT molecular complexity index is 969. The van der Waals surface area contributed by atoms with E-state index in [1.807, 2.05) is 44.4 Å². The summed E-state index contributed by atoms with van der Waals surface area (Å²) in [6.07, 6.45) is 3.54. The monoisotopic (exact) mass is 418 g/mol. The number of aryl methyl sites for hydroxylation is 1. The van der Waals surface area contributed by atoms with Crippen molar-refractivity contribution >= 4 is 33.4 Å². The lowest BCUT2D eigenvalue weighted by atomic mass is 10.0. The summed E-state index contributed by atoms with van der Waals surface area (Å²) < 4.78 is 27.1. The molecule has 0 bridgehead atoms. The normalized spacial score (nSPS) is 14.2. The zero-order chi connectivity index (χ0) is 20.3. The summed E-state index contributed by atoms with van der Waals surface area (Å²) in [5.74, 6) is -0.0368. The highest BCUT2D eigenvalue weighted by atomic mass is 32.2. The minimum atomic E-state index is -3.51. The topological polar surface area (TPSA) is 57.7 Å². The van der Waals surface area contributed by atoms with Crippen LogP contribution in [0, 0.1) is 0 Å². The van der Waals surface area contributed by atoms with Gasteiger partial charge in [-0.05, 0) is 55.0 Å². The van der Waals surface area contributed by atoms with Gasteiger partial charge in [-0.25, -0.2) is 8.42 Å². The van der Waals surface area contributed by atoms with Crippen LogP contribution in [0.5, 0.6) is 0 Å². The Morgan fingerprint density at radius 1 is 1.14 bits per heavy atom. The number of carbonyl (C=O) groups excluding carboxylic acids is 1. The summed E-state index contributed by atoms with van der Waals surface area (Å²) >= 11 is 1.55. The predicted octanol–water partition coefficient (Wildman–Crippen LogP) is 4.03. The van der Waals surface area contributed by atoms with E-state index in [9.17, 15) is 13.2 Å². The van der Waals surface area contributed by atoms with Crippen LogP contribution in [0.15, 0.2) is 52.3 Å². The molecule has 0 radical (unpaired) electrons. The van der Waals surface area contributed by atoms with Crippen molar-refractivity contribution < 1.29 is 13.2 Å². The van der Waals surface area contributed by atoms with Crippen molar-refractivity contribution in [3.05, 3.63) is 53.6 Å². The Morgan fingerprint density at radius 2 is 1.86 bits per heavy atom. The van der Waals surface area contributed by atoms with E-state index in [4.69, 9.17) is 0 Å². The van der Waals surface area contributed by atoms with E-state index in [-0.39, 0.29) is 5.91 Å². The third-order valence-electron chi connectivity index (χ3n) is 5.10. The molecule has 0 saturated carbocycles. The van der Waals surface area contributed by atoms with Crippen molar-refractivity contribution in [3.63, 3.8) is 0 Å². The number of benzene rings is 2. The highest BCUT2D eigenvalue weighted by Gasteiger charge is 2.28. The Morgan fingerprint density at radius 3 is 2.54 bits per heavy atom. The second kappa shape index (κ2) is 8.68. The van der Waals surface area contributed by atoms with Gasteiger partial charge in [0.15, 0.2) is 0 Å². The highest BCUT2D eigenvalue weighted by Crippen LogP contribution is 2.32. The number of nitrogens with zero attached hydrogens (tertiary/aromatic N) is 2. The van der Waals surface area contributed by atoms with Gasteiger partial charge < -0.3 is 4.90 Å². The van der Waals surface area contributed by atoms with Crippen LogP contribution in [0.4, 0.5) is 5.69 Å². The number of anilines is 1. The molecule has 1 amide bonds. The van der Waals surface area contributed by atoms with E-state index in [1.54, 1.807) is 34.9 Å². The number of sulfonamides is 1. The van der Waals surface area contributed by atoms with E-state index in [0.29, 0.717) is 30.1 Å². The van der Waals surface area contributed by atoms with Crippen LogP contribution in [0.25, 0.3) is 0 Å². The number of hydrogen-bond donors (Lipinski definition) is 0. The van der Waals surface area contributed by atoms with Crippen LogP contribution in [0.3, 0.4) is 0 Å². The smallest absolute Gasteiger partial charge is 0.259 e. The Hall–Kier alpha value is -1.83.